The van der Waals surface area contributed by atoms with E-state index in [1.54, 1.807) is 19.1 Å². The molecule has 0 amide bonds. The summed E-state index contributed by atoms with van der Waals surface area (Å²) in [7, 11) is -3.08. The van der Waals surface area contributed by atoms with Crippen LogP contribution in [-0.4, -0.2) is 45.2 Å². The number of likely N-dealkylation sites (tertiary alicyclic amines) is 1. The van der Waals surface area contributed by atoms with Gasteiger partial charge in [0.25, 0.3) is 0 Å². The molecule has 1 fully saturated rings. The lowest BCUT2D eigenvalue weighted by molar-refractivity contribution is 0.352. The SMILES string of the molecule is CCS(=O)(=O)c1ccc(NCCN2CCCC2)cc1. The molecular weight excluding hydrogens is 260 g/mol. The number of anilines is 1. The number of hydrogen-bond donors (Lipinski definition) is 1. The zero-order valence-electron chi connectivity index (χ0n) is 11.4. The quantitative estimate of drug-likeness (QED) is 0.867. The molecule has 1 heterocycles. The second-order valence-corrected chi connectivity index (χ2v) is 7.18. The average Bonchev–Trinajstić information content (AvgIpc) is 2.92. The van der Waals surface area contributed by atoms with Gasteiger partial charge in [-0.3, -0.25) is 0 Å². The Hall–Kier alpha value is -1.07. The molecule has 1 aliphatic rings. The molecule has 5 heteroatoms. The topological polar surface area (TPSA) is 49.4 Å². The zero-order chi connectivity index (χ0) is 13.7. The molecule has 1 aromatic carbocycles. The first kappa shape index (κ1) is 14.3. The van der Waals surface area contributed by atoms with Crippen molar-refractivity contribution in [2.45, 2.75) is 24.7 Å². The first-order valence-corrected chi connectivity index (χ1v) is 8.56. The molecule has 0 aromatic heterocycles. The summed E-state index contributed by atoms with van der Waals surface area (Å²) in [6.45, 7) is 6.02. The van der Waals surface area contributed by atoms with Crippen molar-refractivity contribution in [3.05, 3.63) is 24.3 Å². The normalized spacial score (nSPS) is 16.7. The molecule has 0 atom stereocenters. The smallest absolute Gasteiger partial charge is 0.178 e. The van der Waals surface area contributed by atoms with Gasteiger partial charge in [0, 0.05) is 18.8 Å². The predicted molar refractivity (Wildman–Crippen MR) is 78.3 cm³/mol. The summed E-state index contributed by atoms with van der Waals surface area (Å²) in [6, 6.07) is 7.03. The molecule has 4 nitrogen and oxygen atoms in total. The molecule has 0 aliphatic carbocycles. The zero-order valence-corrected chi connectivity index (χ0v) is 12.2. The molecule has 0 bridgehead atoms. The Balaban J connectivity index is 1.85. The number of benzene rings is 1. The molecule has 0 saturated carbocycles. The second kappa shape index (κ2) is 6.39. The van der Waals surface area contributed by atoms with Crippen molar-refractivity contribution in [1.29, 1.82) is 0 Å². The summed E-state index contributed by atoms with van der Waals surface area (Å²) in [5.41, 5.74) is 0.981. The summed E-state index contributed by atoms with van der Waals surface area (Å²) >= 11 is 0. The van der Waals surface area contributed by atoms with Crippen molar-refractivity contribution >= 4 is 15.5 Å². The molecule has 1 aliphatic heterocycles. The minimum absolute atomic E-state index is 0.148. The standard InChI is InChI=1S/C14H22N2O2S/c1-2-19(17,18)14-7-5-13(6-8-14)15-9-12-16-10-3-4-11-16/h5-8,15H,2-4,9-12H2,1H3. The van der Waals surface area contributed by atoms with Gasteiger partial charge < -0.3 is 10.2 Å². The fourth-order valence-corrected chi connectivity index (χ4v) is 3.20. The minimum atomic E-state index is -3.08. The van der Waals surface area contributed by atoms with Crippen LogP contribution in [0.1, 0.15) is 19.8 Å². The summed E-state index contributed by atoms with van der Waals surface area (Å²) in [6.07, 6.45) is 2.62. The lowest BCUT2D eigenvalue weighted by atomic mass is 10.3. The third-order valence-electron chi connectivity index (χ3n) is 3.55. The Morgan fingerprint density at radius 2 is 1.79 bits per heavy atom. The fraction of sp³-hybridized carbons (Fsp3) is 0.571. The van der Waals surface area contributed by atoms with Crippen LogP contribution in [-0.2, 0) is 9.84 Å². The van der Waals surface area contributed by atoms with E-state index in [0.29, 0.717) is 4.90 Å². The van der Waals surface area contributed by atoms with Crippen molar-refractivity contribution in [2.75, 3.05) is 37.2 Å². The molecule has 1 aromatic rings. The van der Waals surface area contributed by atoms with Crippen molar-refractivity contribution < 1.29 is 8.42 Å². The molecule has 19 heavy (non-hydrogen) atoms. The lowest BCUT2D eigenvalue weighted by Gasteiger charge is -2.15. The average molecular weight is 282 g/mol. The van der Waals surface area contributed by atoms with Gasteiger partial charge in [0.15, 0.2) is 9.84 Å². The Morgan fingerprint density at radius 1 is 1.16 bits per heavy atom. The second-order valence-electron chi connectivity index (χ2n) is 4.90. The number of rotatable bonds is 6. The monoisotopic (exact) mass is 282 g/mol. The van der Waals surface area contributed by atoms with E-state index in [1.165, 1.54) is 25.9 Å². The number of hydrogen-bond acceptors (Lipinski definition) is 4. The lowest BCUT2D eigenvalue weighted by Crippen LogP contribution is -2.25. The van der Waals surface area contributed by atoms with Gasteiger partial charge in [-0.25, -0.2) is 8.42 Å². The Kier molecular flexibility index (Phi) is 4.82. The Morgan fingerprint density at radius 3 is 2.37 bits per heavy atom. The fourth-order valence-electron chi connectivity index (χ4n) is 2.31. The summed E-state index contributed by atoms with van der Waals surface area (Å²) in [5.74, 6) is 0.148. The van der Waals surface area contributed by atoms with Crippen LogP contribution < -0.4 is 5.32 Å². The van der Waals surface area contributed by atoms with Crippen molar-refractivity contribution in [2.24, 2.45) is 0 Å². The predicted octanol–water partition coefficient (Wildman–Crippen LogP) is 1.99. The van der Waals surface area contributed by atoms with E-state index in [0.717, 1.165) is 18.8 Å². The highest BCUT2D eigenvalue weighted by Crippen LogP contribution is 2.15. The molecule has 106 valence electrons. The highest BCUT2D eigenvalue weighted by molar-refractivity contribution is 7.91. The molecule has 0 spiro atoms. The van der Waals surface area contributed by atoms with Crippen LogP contribution in [0.15, 0.2) is 29.2 Å². The van der Waals surface area contributed by atoms with Gasteiger partial charge in [-0.05, 0) is 50.2 Å². The maximum atomic E-state index is 11.7. The van der Waals surface area contributed by atoms with E-state index in [1.807, 2.05) is 12.1 Å². The first-order chi connectivity index (χ1) is 9.12. The first-order valence-electron chi connectivity index (χ1n) is 6.91. The van der Waals surface area contributed by atoms with Crippen LogP contribution in [0.4, 0.5) is 5.69 Å². The van der Waals surface area contributed by atoms with Crippen LogP contribution in [0.25, 0.3) is 0 Å². The Labute approximate surface area is 115 Å². The number of nitrogens with zero attached hydrogens (tertiary/aromatic N) is 1. The van der Waals surface area contributed by atoms with E-state index < -0.39 is 9.84 Å². The van der Waals surface area contributed by atoms with Gasteiger partial charge in [0.1, 0.15) is 0 Å². The van der Waals surface area contributed by atoms with E-state index in [9.17, 15) is 8.42 Å². The molecule has 1 N–H and O–H groups in total. The summed E-state index contributed by atoms with van der Waals surface area (Å²) in [5, 5.41) is 3.33. The number of nitrogens with one attached hydrogen (secondary N) is 1. The summed E-state index contributed by atoms with van der Waals surface area (Å²) in [4.78, 5) is 2.85. The van der Waals surface area contributed by atoms with Crippen LogP contribution >= 0.6 is 0 Å². The largest absolute Gasteiger partial charge is 0.384 e. The van der Waals surface area contributed by atoms with E-state index in [4.69, 9.17) is 0 Å². The highest BCUT2D eigenvalue weighted by Gasteiger charge is 2.11. The van der Waals surface area contributed by atoms with Crippen molar-refractivity contribution in [3.63, 3.8) is 0 Å². The van der Waals surface area contributed by atoms with Gasteiger partial charge in [0.2, 0.25) is 0 Å². The van der Waals surface area contributed by atoms with Crippen LogP contribution in [0.5, 0.6) is 0 Å². The van der Waals surface area contributed by atoms with E-state index >= 15 is 0 Å². The van der Waals surface area contributed by atoms with Crippen molar-refractivity contribution in [3.8, 4) is 0 Å². The van der Waals surface area contributed by atoms with Crippen LogP contribution in [0.2, 0.25) is 0 Å². The van der Waals surface area contributed by atoms with E-state index in [-0.39, 0.29) is 5.75 Å². The van der Waals surface area contributed by atoms with Gasteiger partial charge in [0.05, 0.1) is 10.6 Å². The van der Waals surface area contributed by atoms with Gasteiger partial charge in [-0.1, -0.05) is 6.92 Å². The van der Waals surface area contributed by atoms with Gasteiger partial charge in [-0.15, -0.1) is 0 Å². The van der Waals surface area contributed by atoms with E-state index in [2.05, 4.69) is 10.2 Å². The molecule has 1 saturated heterocycles. The molecule has 0 unspecified atom stereocenters. The third kappa shape index (κ3) is 3.94. The highest BCUT2D eigenvalue weighted by atomic mass is 32.2. The summed E-state index contributed by atoms with van der Waals surface area (Å²) < 4.78 is 23.3. The maximum Gasteiger partial charge on any atom is 0.178 e. The minimum Gasteiger partial charge on any atom is -0.384 e. The van der Waals surface area contributed by atoms with Gasteiger partial charge >= 0.3 is 0 Å². The number of sulfone groups is 1. The molecule has 2 rings (SSSR count). The van der Waals surface area contributed by atoms with Crippen LogP contribution in [0.3, 0.4) is 0 Å². The maximum absolute atomic E-state index is 11.7. The molecular formula is C14H22N2O2S. The Bertz CT molecular complexity index is 491. The van der Waals surface area contributed by atoms with Crippen molar-refractivity contribution in [1.82, 2.24) is 4.90 Å². The molecule has 0 radical (unpaired) electrons. The van der Waals surface area contributed by atoms with Gasteiger partial charge in [-0.2, -0.15) is 0 Å². The van der Waals surface area contributed by atoms with Crippen LogP contribution in [0, 0.1) is 0 Å². The third-order valence-corrected chi connectivity index (χ3v) is 5.30.